The zero-order valence-electron chi connectivity index (χ0n) is 10.9. The third-order valence-corrected chi connectivity index (χ3v) is 3.15. The molecule has 0 aromatic heterocycles. The van der Waals surface area contributed by atoms with Gasteiger partial charge in [0, 0.05) is 11.1 Å². The fraction of sp³-hybridized carbons (Fsp3) is 0.571. The highest BCUT2D eigenvalue weighted by Crippen LogP contribution is 2.28. The Morgan fingerprint density at radius 2 is 2.12 bits per heavy atom. The average Bonchev–Trinajstić information content (AvgIpc) is 2.24. The van der Waals surface area contributed by atoms with Crippen LogP contribution in [0.2, 0.25) is 5.02 Å². The lowest BCUT2D eigenvalue weighted by Gasteiger charge is -2.13. The smallest absolute Gasteiger partial charge is 0.122 e. The normalized spacial score (nSPS) is 12.5. The van der Waals surface area contributed by atoms with Gasteiger partial charge < -0.3 is 10.5 Å². The fourth-order valence-corrected chi connectivity index (χ4v) is 1.98. The van der Waals surface area contributed by atoms with Gasteiger partial charge in [0.1, 0.15) is 5.75 Å². The van der Waals surface area contributed by atoms with E-state index in [0.717, 1.165) is 35.6 Å². The molecule has 0 bridgehead atoms. The molecule has 1 atom stereocenters. The summed E-state index contributed by atoms with van der Waals surface area (Å²) in [6.07, 6.45) is 3.06. The van der Waals surface area contributed by atoms with Crippen molar-refractivity contribution < 1.29 is 4.74 Å². The summed E-state index contributed by atoms with van der Waals surface area (Å²) >= 11 is 6.15. The molecule has 0 spiro atoms. The number of hydrogen-bond acceptors (Lipinski definition) is 2. The number of halogens is 1. The van der Waals surface area contributed by atoms with Crippen LogP contribution in [0.5, 0.6) is 5.75 Å². The van der Waals surface area contributed by atoms with Crippen LogP contribution in [0.25, 0.3) is 0 Å². The maximum atomic E-state index is 6.15. The van der Waals surface area contributed by atoms with Crippen molar-refractivity contribution in [3.8, 4) is 5.75 Å². The Hall–Kier alpha value is -0.730. The molecule has 0 fully saturated rings. The molecule has 1 rings (SSSR count). The van der Waals surface area contributed by atoms with Crippen molar-refractivity contribution in [2.75, 3.05) is 6.61 Å². The van der Waals surface area contributed by atoms with Crippen LogP contribution in [0.3, 0.4) is 0 Å². The second-order valence-electron chi connectivity index (χ2n) is 4.51. The Labute approximate surface area is 109 Å². The van der Waals surface area contributed by atoms with Crippen molar-refractivity contribution in [1.29, 1.82) is 0 Å². The van der Waals surface area contributed by atoms with E-state index in [-0.39, 0.29) is 6.04 Å². The van der Waals surface area contributed by atoms with Crippen molar-refractivity contribution in [2.24, 2.45) is 5.73 Å². The monoisotopic (exact) mass is 255 g/mol. The molecule has 96 valence electrons. The minimum atomic E-state index is 0.256. The summed E-state index contributed by atoms with van der Waals surface area (Å²) in [4.78, 5) is 0. The third-order valence-electron chi connectivity index (χ3n) is 2.75. The van der Waals surface area contributed by atoms with Crippen molar-refractivity contribution in [1.82, 2.24) is 0 Å². The van der Waals surface area contributed by atoms with E-state index in [0.29, 0.717) is 6.61 Å². The molecule has 0 radical (unpaired) electrons. The first-order valence-corrected chi connectivity index (χ1v) is 6.59. The molecule has 17 heavy (non-hydrogen) atoms. The molecule has 2 N–H and O–H groups in total. The minimum Gasteiger partial charge on any atom is -0.494 e. The van der Waals surface area contributed by atoms with Gasteiger partial charge in [0.25, 0.3) is 0 Å². The number of benzene rings is 1. The Kier molecular flexibility index (Phi) is 5.79. The molecular formula is C14H22ClNO. The van der Waals surface area contributed by atoms with Crippen LogP contribution < -0.4 is 10.5 Å². The van der Waals surface area contributed by atoms with Crippen LogP contribution in [-0.4, -0.2) is 12.6 Å². The lowest BCUT2D eigenvalue weighted by molar-refractivity contribution is 0.336. The summed E-state index contributed by atoms with van der Waals surface area (Å²) in [5.41, 5.74) is 7.99. The molecule has 0 saturated heterocycles. The molecule has 1 aromatic rings. The quantitative estimate of drug-likeness (QED) is 0.841. The van der Waals surface area contributed by atoms with Crippen molar-refractivity contribution >= 4 is 11.6 Å². The van der Waals surface area contributed by atoms with E-state index >= 15 is 0 Å². The second kappa shape index (κ2) is 6.87. The van der Waals surface area contributed by atoms with Gasteiger partial charge in [0.15, 0.2) is 0 Å². The highest BCUT2D eigenvalue weighted by atomic mass is 35.5. The van der Waals surface area contributed by atoms with E-state index in [1.165, 1.54) is 5.56 Å². The van der Waals surface area contributed by atoms with Crippen LogP contribution in [0, 0.1) is 6.92 Å². The summed E-state index contributed by atoms with van der Waals surface area (Å²) in [5, 5.41) is 0.809. The largest absolute Gasteiger partial charge is 0.494 e. The highest BCUT2D eigenvalue weighted by Gasteiger charge is 2.07. The predicted octanol–water partition coefficient (Wildman–Crippen LogP) is 3.72. The van der Waals surface area contributed by atoms with Crippen molar-refractivity contribution in [3.63, 3.8) is 0 Å². The number of ether oxygens (including phenoxy) is 1. The van der Waals surface area contributed by atoms with Crippen LogP contribution >= 0.6 is 11.6 Å². The van der Waals surface area contributed by atoms with Gasteiger partial charge in [-0.1, -0.05) is 11.6 Å². The molecule has 0 aliphatic carbocycles. The summed E-state index contributed by atoms with van der Waals surface area (Å²) in [6, 6.07) is 4.29. The van der Waals surface area contributed by atoms with Gasteiger partial charge in [-0.2, -0.15) is 0 Å². The van der Waals surface area contributed by atoms with Gasteiger partial charge in [-0.15, -0.1) is 0 Å². The molecule has 1 unspecified atom stereocenters. The summed E-state index contributed by atoms with van der Waals surface area (Å²) in [6.45, 7) is 6.71. The maximum absolute atomic E-state index is 6.15. The second-order valence-corrected chi connectivity index (χ2v) is 4.92. The van der Waals surface area contributed by atoms with E-state index in [2.05, 4.69) is 0 Å². The maximum Gasteiger partial charge on any atom is 0.122 e. The van der Waals surface area contributed by atoms with E-state index in [1.807, 2.05) is 32.9 Å². The summed E-state index contributed by atoms with van der Waals surface area (Å²) in [5.74, 6) is 0.957. The molecule has 0 saturated carbocycles. The average molecular weight is 256 g/mol. The SMILES string of the molecule is CCOc1cc(C)c(Cl)cc1CCCC(C)N. The van der Waals surface area contributed by atoms with E-state index < -0.39 is 0 Å². The minimum absolute atomic E-state index is 0.256. The van der Waals surface area contributed by atoms with Crippen molar-refractivity contribution in [3.05, 3.63) is 28.3 Å². The van der Waals surface area contributed by atoms with Crippen LogP contribution in [0.1, 0.15) is 37.8 Å². The Morgan fingerprint density at radius 3 is 2.71 bits per heavy atom. The first-order valence-electron chi connectivity index (χ1n) is 6.22. The van der Waals surface area contributed by atoms with Crippen LogP contribution in [0.4, 0.5) is 0 Å². The number of aryl methyl sites for hydroxylation is 2. The number of nitrogens with two attached hydrogens (primary N) is 1. The predicted molar refractivity (Wildman–Crippen MR) is 73.9 cm³/mol. The van der Waals surface area contributed by atoms with Gasteiger partial charge in [0.2, 0.25) is 0 Å². The van der Waals surface area contributed by atoms with Gasteiger partial charge in [0.05, 0.1) is 6.61 Å². The van der Waals surface area contributed by atoms with Gasteiger partial charge in [-0.3, -0.25) is 0 Å². The number of hydrogen-bond donors (Lipinski definition) is 1. The van der Waals surface area contributed by atoms with E-state index in [1.54, 1.807) is 0 Å². The third kappa shape index (κ3) is 4.57. The highest BCUT2D eigenvalue weighted by molar-refractivity contribution is 6.31. The molecule has 0 amide bonds. The molecule has 2 nitrogen and oxygen atoms in total. The Bertz CT molecular complexity index is 363. The van der Waals surface area contributed by atoms with Crippen LogP contribution in [-0.2, 0) is 6.42 Å². The first kappa shape index (κ1) is 14.3. The van der Waals surface area contributed by atoms with Gasteiger partial charge >= 0.3 is 0 Å². The van der Waals surface area contributed by atoms with Gasteiger partial charge in [-0.05, 0) is 63.3 Å². The summed E-state index contributed by atoms with van der Waals surface area (Å²) in [7, 11) is 0. The topological polar surface area (TPSA) is 35.2 Å². The lowest BCUT2D eigenvalue weighted by Crippen LogP contribution is -2.14. The molecule has 1 aromatic carbocycles. The zero-order valence-corrected chi connectivity index (χ0v) is 11.7. The van der Waals surface area contributed by atoms with Crippen molar-refractivity contribution in [2.45, 2.75) is 46.1 Å². The van der Waals surface area contributed by atoms with E-state index in [9.17, 15) is 0 Å². The summed E-state index contributed by atoms with van der Waals surface area (Å²) < 4.78 is 5.64. The molecule has 0 aliphatic rings. The fourth-order valence-electron chi connectivity index (χ4n) is 1.80. The van der Waals surface area contributed by atoms with Gasteiger partial charge in [-0.25, -0.2) is 0 Å². The molecular weight excluding hydrogens is 234 g/mol. The number of rotatable bonds is 6. The standard InChI is InChI=1S/C14H22ClNO/c1-4-17-14-8-10(2)13(15)9-12(14)7-5-6-11(3)16/h8-9,11H,4-7,16H2,1-3H3. The Balaban J connectivity index is 2.77. The lowest BCUT2D eigenvalue weighted by atomic mass is 10.0. The molecule has 3 heteroatoms. The first-order chi connectivity index (χ1) is 8.04. The Morgan fingerprint density at radius 1 is 1.41 bits per heavy atom. The van der Waals surface area contributed by atoms with E-state index in [4.69, 9.17) is 22.1 Å². The van der Waals surface area contributed by atoms with Crippen LogP contribution in [0.15, 0.2) is 12.1 Å². The zero-order chi connectivity index (χ0) is 12.8. The molecule has 0 heterocycles. The molecule has 0 aliphatic heterocycles.